The molecule has 1 heterocycles. The Balaban J connectivity index is 2.30. The van der Waals surface area contributed by atoms with Gasteiger partial charge in [0.1, 0.15) is 17.3 Å². The van der Waals surface area contributed by atoms with Gasteiger partial charge in [0.25, 0.3) is 0 Å². The third-order valence-electron chi connectivity index (χ3n) is 2.42. The topological polar surface area (TPSA) is 84.0 Å². The molecule has 0 fully saturated rings. The lowest BCUT2D eigenvalue weighted by Crippen LogP contribution is -2.08. The molecule has 0 saturated carbocycles. The van der Waals surface area contributed by atoms with Crippen LogP contribution in [0, 0.1) is 18.3 Å². The molecular formula is C13H12N4O. The highest BCUT2D eigenvalue weighted by molar-refractivity contribution is 5.46. The van der Waals surface area contributed by atoms with E-state index in [-0.39, 0.29) is 0 Å². The van der Waals surface area contributed by atoms with Crippen LogP contribution in [0.4, 0.5) is 5.82 Å². The summed E-state index contributed by atoms with van der Waals surface area (Å²) in [6.07, 6.45) is 1.59. The molecule has 90 valence electrons. The van der Waals surface area contributed by atoms with Crippen LogP contribution < -0.4 is 16.0 Å². The zero-order valence-electron chi connectivity index (χ0n) is 9.84. The number of hydrogen-bond acceptors (Lipinski definition) is 5. The Morgan fingerprint density at radius 3 is 2.89 bits per heavy atom. The first-order chi connectivity index (χ1) is 8.72. The number of ether oxygens (including phenoxy) is 1. The number of nitrogens with two attached hydrogens (primary N) is 1. The number of rotatable bonds is 3. The van der Waals surface area contributed by atoms with Crippen molar-refractivity contribution in [2.75, 3.05) is 5.43 Å². The highest BCUT2D eigenvalue weighted by atomic mass is 16.5. The second kappa shape index (κ2) is 5.17. The maximum Gasteiger partial charge on any atom is 0.143 e. The van der Waals surface area contributed by atoms with Crippen molar-refractivity contribution in [3.05, 3.63) is 47.7 Å². The fraction of sp³-hybridized carbons (Fsp3) is 0.0769. The first-order valence-electron chi connectivity index (χ1n) is 5.34. The number of nitrogens with one attached hydrogen (secondary N) is 1. The normalized spacial score (nSPS) is 9.61. The molecule has 1 aromatic heterocycles. The number of nitrogen functional groups attached to an aromatic ring is 1. The zero-order valence-corrected chi connectivity index (χ0v) is 9.84. The number of nitriles is 1. The summed E-state index contributed by atoms with van der Waals surface area (Å²) >= 11 is 0. The molecule has 0 radical (unpaired) electrons. The number of pyridine rings is 1. The molecule has 5 heteroatoms. The summed E-state index contributed by atoms with van der Waals surface area (Å²) in [6, 6.07) is 10.8. The van der Waals surface area contributed by atoms with Crippen molar-refractivity contribution >= 4 is 5.82 Å². The van der Waals surface area contributed by atoms with Crippen LogP contribution in [0.1, 0.15) is 11.1 Å². The molecule has 0 aliphatic heterocycles. The Labute approximate surface area is 105 Å². The van der Waals surface area contributed by atoms with Crippen molar-refractivity contribution < 1.29 is 4.74 Å². The molecule has 0 aliphatic rings. The van der Waals surface area contributed by atoms with Crippen molar-refractivity contribution in [3.8, 4) is 17.6 Å². The Kier molecular flexibility index (Phi) is 3.41. The van der Waals surface area contributed by atoms with E-state index in [0.29, 0.717) is 22.9 Å². The molecule has 18 heavy (non-hydrogen) atoms. The quantitative estimate of drug-likeness (QED) is 0.635. The van der Waals surface area contributed by atoms with Gasteiger partial charge in [-0.05, 0) is 30.7 Å². The zero-order chi connectivity index (χ0) is 13.0. The average Bonchev–Trinajstić information content (AvgIpc) is 2.41. The van der Waals surface area contributed by atoms with Crippen molar-refractivity contribution in [2.45, 2.75) is 6.92 Å². The molecule has 3 N–H and O–H groups in total. The van der Waals surface area contributed by atoms with Gasteiger partial charge in [0.15, 0.2) is 0 Å². The van der Waals surface area contributed by atoms with Gasteiger partial charge in [0.05, 0.1) is 11.6 Å². The number of aryl methyl sites for hydroxylation is 1. The maximum atomic E-state index is 8.86. The molecule has 0 bridgehead atoms. The standard InChI is InChI=1S/C13H12N4O/c1-9-2-3-10(8-14)6-12(9)18-11-4-5-16-13(7-11)17-15/h2-7H,15H2,1H3,(H,16,17). The Morgan fingerprint density at radius 2 is 2.17 bits per heavy atom. The summed E-state index contributed by atoms with van der Waals surface area (Å²) in [5.41, 5.74) is 3.96. The van der Waals surface area contributed by atoms with Gasteiger partial charge in [-0.3, -0.25) is 0 Å². The van der Waals surface area contributed by atoms with Gasteiger partial charge in [0.2, 0.25) is 0 Å². The number of hydrazine groups is 1. The summed E-state index contributed by atoms with van der Waals surface area (Å²) in [6.45, 7) is 1.92. The lowest BCUT2D eigenvalue weighted by molar-refractivity contribution is 0.478. The molecule has 0 atom stereocenters. The smallest absolute Gasteiger partial charge is 0.143 e. The van der Waals surface area contributed by atoms with E-state index in [1.54, 1.807) is 30.5 Å². The molecule has 2 aromatic rings. The summed E-state index contributed by atoms with van der Waals surface area (Å²) in [7, 11) is 0. The number of benzene rings is 1. The van der Waals surface area contributed by atoms with Crippen LogP contribution in [-0.4, -0.2) is 4.98 Å². The van der Waals surface area contributed by atoms with Crippen LogP contribution >= 0.6 is 0 Å². The third kappa shape index (κ3) is 2.56. The molecule has 0 unspecified atom stereocenters. The van der Waals surface area contributed by atoms with E-state index < -0.39 is 0 Å². The molecule has 5 nitrogen and oxygen atoms in total. The summed E-state index contributed by atoms with van der Waals surface area (Å²) in [5, 5.41) is 8.86. The van der Waals surface area contributed by atoms with Crippen molar-refractivity contribution in [2.24, 2.45) is 5.84 Å². The lowest BCUT2D eigenvalue weighted by atomic mass is 10.1. The molecule has 0 aliphatic carbocycles. The monoisotopic (exact) mass is 240 g/mol. The van der Waals surface area contributed by atoms with Crippen LogP contribution in [0.15, 0.2) is 36.5 Å². The second-order valence-corrected chi connectivity index (χ2v) is 3.72. The second-order valence-electron chi connectivity index (χ2n) is 3.72. The van der Waals surface area contributed by atoms with E-state index in [2.05, 4.69) is 16.5 Å². The third-order valence-corrected chi connectivity index (χ3v) is 2.42. The lowest BCUT2D eigenvalue weighted by Gasteiger charge is -2.09. The van der Waals surface area contributed by atoms with E-state index in [1.165, 1.54) is 0 Å². The maximum absolute atomic E-state index is 8.86. The van der Waals surface area contributed by atoms with Crippen LogP contribution in [0.3, 0.4) is 0 Å². The fourth-order valence-electron chi connectivity index (χ4n) is 1.46. The first-order valence-corrected chi connectivity index (χ1v) is 5.34. The van der Waals surface area contributed by atoms with Crippen molar-refractivity contribution in [1.29, 1.82) is 5.26 Å². The van der Waals surface area contributed by atoms with E-state index >= 15 is 0 Å². The number of anilines is 1. The Hall–Kier alpha value is -2.58. The van der Waals surface area contributed by atoms with Gasteiger partial charge in [-0.25, -0.2) is 10.8 Å². The van der Waals surface area contributed by atoms with Crippen molar-refractivity contribution in [3.63, 3.8) is 0 Å². The predicted octanol–water partition coefficient (Wildman–Crippen LogP) is 2.34. The van der Waals surface area contributed by atoms with Crippen molar-refractivity contribution in [1.82, 2.24) is 4.98 Å². The number of nitrogens with zero attached hydrogens (tertiary/aromatic N) is 2. The largest absolute Gasteiger partial charge is 0.457 e. The van der Waals surface area contributed by atoms with E-state index in [4.69, 9.17) is 15.8 Å². The molecule has 2 rings (SSSR count). The van der Waals surface area contributed by atoms with Gasteiger partial charge in [-0.2, -0.15) is 5.26 Å². The van der Waals surface area contributed by atoms with Crippen LogP contribution in [0.5, 0.6) is 11.5 Å². The number of hydrogen-bond donors (Lipinski definition) is 2. The molecule has 0 saturated heterocycles. The van der Waals surface area contributed by atoms with Gasteiger partial charge in [-0.15, -0.1) is 0 Å². The van der Waals surface area contributed by atoms with Gasteiger partial charge >= 0.3 is 0 Å². The molecular weight excluding hydrogens is 228 g/mol. The number of aromatic nitrogens is 1. The average molecular weight is 240 g/mol. The Morgan fingerprint density at radius 1 is 1.33 bits per heavy atom. The SMILES string of the molecule is Cc1ccc(C#N)cc1Oc1ccnc(NN)c1. The van der Waals surface area contributed by atoms with Crippen LogP contribution in [0.2, 0.25) is 0 Å². The van der Waals surface area contributed by atoms with E-state index in [9.17, 15) is 0 Å². The van der Waals surface area contributed by atoms with E-state index in [1.807, 2.05) is 13.0 Å². The van der Waals surface area contributed by atoms with Gasteiger partial charge in [0, 0.05) is 12.3 Å². The molecule has 0 spiro atoms. The Bertz CT molecular complexity index is 604. The minimum atomic E-state index is 0.515. The fourth-order valence-corrected chi connectivity index (χ4v) is 1.46. The summed E-state index contributed by atoms with van der Waals surface area (Å²) in [4.78, 5) is 3.99. The van der Waals surface area contributed by atoms with Gasteiger partial charge < -0.3 is 10.2 Å². The molecule has 1 aromatic carbocycles. The predicted molar refractivity (Wildman–Crippen MR) is 68.0 cm³/mol. The highest BCUT2D eigenvalue weighted by Crippen LogP contribution is 2.26. The minimum absolute atomic E-state index is 0.515. The first kappa shape index (κ1) is 11.9. The highest BCUT2D eigenvalue weighted by Gasteiger charge is 2.04. The van der Waals surface area contributed by atoms with Gasteiger partial charge in [-0.1, -0.05) is 6.07 Å². The molecule has 0 amide bonds. The minimum Gasteiger partial charge on any atom is -0.457 e. The summed E-state index contributed by atoms with van der Waals surface area (Å²) < 4.78 is 5.71. The van der Waals surface area contributed by atoms with Crippen LogP contribution in [-0.2, 0) is 0 Å². The summed E-state index contributed by atoms with van der Waals surface area (Å²) in [5.74, 6) is 7.04. The van der Waals surface area contributed by atoms with E-state index in [0.717, 1.165) is 5.56 Å². The van der Waals surface area contributed by atoms with Crippen LogP contribution in [0.25, 0.3) is 0 Å².